The van der Waals surface area contributed by atoms with Gasteiger partial charge in [-0.15, -0.1) is 0 Å². The lowest BCUT2D eigenvalue weighted by Crippen LogP contribution is -2.28. The minimum absolute atomic E-state index is 0.0957. The van der Waals surface area contributed by atoms with Crippen LogP contribution in [-0.4, -0.2) is 11.1 Å². The predicted molar refractivity (Wildman–Crippen MR) is 51.3 cm³/mol. The van der Waals surface area contributed by atoms with Crippen LogP contribution in [0, 0.1) is 5.92 Å². The first kappa shape index (κ1) is 9.06. The quantitative estimate of drug-likeness (QED) is 0.505. The zero-order valence-electron chi connectivity index (χ0n) is 8.15. The van der Waals surface area contributed by atoms with Crippen molar-refractivity contribution in [2.75, 3.05) is 0 Å². The van der Waals surface area contributed by atoms with Crippen LogP contribution in [-0.2, 0) is 4.79 Å². The van der Waals surface area contributed by atoms with Crippen LogP contribution in [0.4, 0.5) is 0 Å². The van der Waals surface area contributed by atoms with Gasteiger partial charge < -0.3 is 9.84 Å². The van der Waals surface area contributed by atoms with E-state index >= 15 is 0 Å². The molecule has 0 saturated carbocycles. The number of carbonyl (C=O) groups excluding carboxylic acids is 1. The van der Waals surface area contributed by atoms with Gasteiger partial charge in [0.15, 0.2) is 0 Å². The van der Waals surface area contributed by atoms with Crippen molar-refractivity contribution in [2.45, 2.75) is 19.8 Å². The van der Waals surface area contributed by atoms with Gasteiger partial charge in [-0.05, 0) is 24.1 Å². The Morgan fingerprint density at radius 1 is 1.29 bits per heavy atom. The van der Waals surface area contributed by atoms with Crippen molar-refractivity contribution < 1.29 is 14.6 Å². The number of benzene rings is 1. The van der Waals surface area contributed by atoms with Crippen molar-refractivity contribution in [1.29, 1.82) is 0 Å². The van der Waals surface area contributed by atoms with Crippen molar-refractivity contribution in [2.24, 2.45) is 5.92 Å². The van der Waals surface area contributed by atoms with E-state index in [1.54, 1.807) is 12.1 Å². The van der Waals surface area contributed by atoms with Crippen molar-refractivity contribution in [3.63, 3.8) is 0 Å². The van der Waals surface area contributed by atoms with Gasteiger partial charge in [0.05, 0.1) is 5.92 Å². The molecule has 2 atom stereocenters. The molecule has 0 fully saturated rings. The van der Waals surface area contributed by atoms with Crippen molar-refractivity contribution in [1.82, 2.24) is 0 Å². The zero-order chi connectivity index (χ0) is 10.3. The van der Waals surface area contributed by atoms with Crippen LogP contribution in [0.3, 0.4) is 0 Å². The van der Waals surface area contributed by atoms with Gasteiger partial charge in [-0.2, -0.15) is 0 Å². The molecule has 2 rings (SSSR count). The van der Waals surface area contributed by atoms with Crippen LogP contribution in [0.15, 0.2) is 18.2 Å². The molecule has 74 valence electrons. The summed E-state index contributed by atoms with van der Waals surface area (Å²) >= 11 is 0. The van der Waals surface area contributed by atoms with Crippen molar-refractivity contribution in [3.05, 3.63) is 23.8 Å². The van der Waals surface area contributed by atoms with Crippen LogP contribution >= 0.6 is 0 Å². The van der Waals surface area contributed by atoms with Gasteiger partial charge >= 0.3 is 5.97 Å². The number of ether oxygens (including phenoxy) is 1. The summed E-state index contributed by atoms with van der Waals surface area (Å²) in [6, 6.07) is 4.81. The Morgan fingerprint density at radius 2 is 2.00 bits per heavy atom. The third kappa shape index (κ3) is 1.25. The fourth-order valence-electron chi connectivity index (χ4n) is 1.66. The molecule has 1 aliphatic rings. The fraction of sp³-hybridized carbons (Fsp3) is 0.364. The van der Waals surface area contributed by atoms with Gasteiger partial charge in [0.2, 0.25) is 0 Å². The normalized spacial score (nSPS) is 25.4. The first-order chi connectivity index (χ1) is 6.59. The fourth-order valence-corrected chi connectivity index (χ4v) is 1.66. The third-order valence-electron chi connectivity index (χ3n) is 2.82. The summed E-state index contributed by atoms with van der Waals surface area (Å²) in [5.41, 5.74) is 0.900. The highest BCUT2D eigenvalue weighted by Crippen LogP contribution is 2.38. The van der Waals surface area contributed by atoms with E-state index < -0.39 is 0 Å². The highest BCUT2D eigenvalue weighted by atomic mass is 16.5. The van der Waals surface area contributed by atoms with E-state index in [1.165, 1.54) is 6.07 Å². The summed E-state index contributed by atoms with van der Waals surface area (Å²) < 4.78 is 5.12. The number of esters is 1. The molecule has 0 aromatic heterocycles. The molecular formula is C11H12O3. The molecule has 1 heterocycles. The molecule has 3 nitrogen and oxygen atoms in total. The average Bonchev–Trinajstić information content (AvgIpc) is 2.16. The minimum Gasteiger partial charge on any atom is -0.508 e. The molecule has 0 radical (unpaired) electrons. The summed E-state index contributed by atoms with van der Waals surface area (Å²) in [6.07, 6.45) is 0. The molecule has 0 saturated heterocycles. The lowest BCUT2D eigenvalue weighted by Gasteiger charge is -2.26. The molecule has 14 heavy (non-hydrogen) atoms. The van der Waals surface area contributed by atoms with Crippen LogP contribution in [0.25, 0.3) is 0 Å². The SMILES string of the molecule is CC1C(=O)Oc2ccc(O)cc2C1C. The Kier molecular flexibility index (Phi) is 1.95. The van der Waals surface area contributed by atoms with E-state index in [9.17, 15) is 9.90 Å². The van der Waals surface area contributed by atoms with Crippen molar-refractivity contribution >= 4 is 5.97 Å². The molecule has 0 amide bonds. The predicted octanol–water partition coefficient (Wildman–Crippen LogP) is 2.05. The van der Waals surface area contributed by atoms with Crippen LogP contribution in [0.1, 0.15) is 25.3 Å². The van der Waals surface area contributed by atoms with E-state index in [1.807, 2.05) is 13.8 Å². The minimum atomic E-state index is -0.198. The monoisotopic (exact) mass is 192 g/mol. The number of hydrogen-bond acceptors (Lipinski definition) is 3. The second kappa shape index (κ2) is 3.01. The maximum absolute atomic E-state index is 11.4. The van der Waals surface area contributed by atoms with Gasteiger partial charge in [-0.1, -0.05) is 13.8 Å². The van der Waals surface area contributed by atoms with Gasteiger partial charge in [-0.25, -0.2) is 0 Å². The highest BCUT2D eigenvalue weighted by Gasteiger charge is 2.31. The van der Waals surface area contributed by atoms with Gasteiger partial charge in [-0.3, -0.25) is 4.79 Å². The molecule has 3 heteroatoms. The average molecular weight is 192 g/mol. The molecule has 0 spiro atoms. The third-order valence-corrected chi connectivity index (χ3v) is 2.82. The summed E-state index contributed by atoms with van der Waals surface area (Å²) in [5, 5.41) is 9.32. The Bertz CT molecular complexity index is 384. The molecule has 1 aliphatic heterocycles. The summed E-state index contributed by atoms with van der Waals surface area (Å²) in [7, 11) is 0. The van der Waals surface area contributed by atoms with Gasteiger partial charge in [0.1, 0.15) is 11.5 Å². The topological polar surface area (TPSA) is 46.5 Å². The number of phenolic OH excluding ortho intramolecular Hbond substituents is 1. The van der Waals surface area contributed by atoms with Crippen molar-refractivity contribution in [3.8, 4) is 11.5 Å². The molecule has 1 aromatic carbocycles. The second-order valence-electron chi connectivity index (χ2n) is 3.72. The first-order valence-electron chi connectivity index (χ1n) is 4.64. The first-order valence-corrected chi connectivity index (χ1v) is 4.64. The van der Waals surface area contributed by atoms with Crippen LogP contribution in [0.5, 0.6) is 11.5 Å². The molecule has 2 unspecified atom stereocenters. The van der Waals surface area contributed by atoms with E-state index in [0.717, 1.165) is 5.56 Å². The number of hydrogen-bond donors (Lipinski definition) is 1. The summed E-state index contributed by atoms with van der Waals surface area (Å²) in [6.45, 7) is 3.79. The number of phenols is 1. The molecule has 1 aromatic rings. The Balaban J connectivity index is 2.51. The number of fused-ring (bicyclic) bond motifs is 1. The second-order valence-corrected chi connectivity index (χ2v) is 3.72. The Labute approximate surface area is 82.3 Å². The van der Waals surface area contributed by atoms with Gasteiger partial charge in [0, 0.05) is 5.56 Å². The number of aromatic hydroxyl groups is 1. The lowest BCUT2D eigenvalue weighted by molar-refractivity contribution is -0.140. The zero-order valence-corrected chi connectivity index (χ0v) is 8.15. The van der Waals surface area contributed by atoms with Crippen LogP contribution in [0.2, 0.25) is 0 Å². The van der Waals surface area contributed by atoms with E-state index in [4.69, 9.17) is 4.74 Å². The smallest absolute Gasteiger partial charge is 0.314 e. The maximum Gasteiger partial charge on any atom is 0.314 e. The molecule has 0 bridgehead atoms. The summed E-state index contributed by atoms with van der Waals surface area (Å²) in [5.74, 6) is 0.525. The highest BCUT2D eigenvalue weighted by molar-refractivity contribution is 5.78. The van der Waals surface area contributed by atoms with E-state index in [0.29, 0.717) is 5.75 Å². The van der Waals surface area contributed by atoms with Crippen LogP contribution < -0.4 is 4.74 Å². The molecular weight excluding hydrogens is 180 g/mol. The van der Waals surface area contributed by atoms with E-state index in [2.05, 4.69) is 0 Å². The maximum atomic E-state index is 11.4. The number of rotatable bonds is 0. The molecule has 0 aliphatic carbocycles. The number of carbonyl (C=O) groups is 1. The van der Waals surface area contributed by atoms with E-state index in [-0.39, 0.29) is 23.6 Å². The lowest BCUT2D eigenvalue weighted by atomic mass is 9.86. The Hall–Kier alpha value is -1.51. The standard InChI is InChI=1S/C11H12O3/c1-6-7(2)11(13)14-10-4-3-8(12)5-9(6)10/h3-7,12H,1-2H3. The summed E-state index contributed by atoms with van der Waals surface area (Å²) in [4.78, 5) is 11.4. The van der Waals surface area contributed by atoms with Gasteiger partial charge in [0.25, 0.3) is 0 Å². The molecule has 1 N–H and O–H groups in total. The Morgan fingerprint density at radius 3 is 2.71 bits per heavy atom. The largest absolute Gasteiger partial charge is 0.508 e.